The van der Waals surface area contributed by atoms with E-state index < -0.39 is 0 Å². The molecule has 0 unspecified atom stereocenters. The quantitative estimate of drug-likeness (QED) is 0.670. The maximum absolute atomic E-state index is 13.2. The minimum absolute atomic E-state index is 0.0176. The Labute approximate surface area is 170 Å². The van der Waals surface area contributed by atoms with E-state index in [0.29, 0.717) is 16.5 Å². The van der Waals surface area contributed by atoms with Gasteiger partial charge in [-0.15, -0.1) is 0 Å². The molecule has 2 aromatic carbocycles. The molecule has 0 spiro atoms. The van der Waals surface area contributed by atoms with Gasteiger partial charge in [0.25, 0.3) is 11.5 Å². The maximum atomic E-state index is 13.2. The summed E-state index contributed by atoms with van der Waals surface area (Å²) in [6, 6.07) is 13.8. The van der Waals surface area contributed by atoms with Crippen LogP contribution in [0.2, 0.25) is 0 Å². The largest absolute Gasteiger partial charge is 0.335 e. The first-order valence-electron chi connectivity index (χ1n) is 10.5. The third-order valence-electron chi connectivity index (χ3n) is 6.45. The summed E-state index contributed by atoms with van der Waals surface area (Å²) in [5, 5.41) is 0.598. The lowest BCUT2D eigenvalue weighted by Crippen LogP contribution is -2.30. The van der Waals surface area contributed by atoms with Gasteiger partial charge in [0.2, 0.25) is 0 Å². The number of aryl methyl sites for hydroxylation is 2. The zero-order valence-corrected chi connectivity index (χ0v) is 16.7. The van der Waals surface area contributed by atoms with Crippen LogP contribution in [-0.2, 0) is 19.4 Å². The van der Waals surface area contributed by atoms with Gasteiger partial charge < -0.3 is 4.90 Å². The highest BCUT2D eigenvalue weighted by Crippen LogP contribution is 2.35. The van der Waals surface area contributed by atoms with Crippen LogP contribution in [0.1, 0.15) is 59.0 Å². The molecule has 29 heavy (non-hydrogen) atoms. The van der Waals surface area contributed by atoms with Crippen LogP contribution < -0.4 is 5.56 Å². The molecule has 2 aliphatic rings. The summed E-state index contributed by atoms with van der Waals surface area (Å²) in [5.74, 6) is 0.827. The van der Waals surface area contributed by atoms with E-state index in [9.17, 15) is 9.59 Å². The van der Waals surface area contributed by atoms with Crippen molar-refractivity contribution in [1.29, 1.82) is 0 Å². The van der Waals surface area contributed by atoms with E-state index in [4.69, 9.17) is 4.98 Å². The van der Waals surface area contributed by atoms with Crippen LogP contribution in [0.15, 0.2) is 47.3 Å². The predicted molar refractivity (Wildman–Crippen MR) is 113 cm³/mol. The van der Waals surface area contributed by atoms with Crippen molar-refractivity contribution in [3.05, 3.63) is 75.3 Å². The molecule has 0 bridgehead atoms. The fourth-order valence-electron chi connectivity index (χ4n) is 4.83. The number of nitrogens with zero attached hydrogens (tertiary/aromatic N) is 3. The minimum atomic E-state index is -0.0227. The monoisotopic (exact) mass is 387 g/mol. The normalized spacial score (nSPS) is 18.2. The first-order valence-corrected chi connectivity index (χ1v) is 10.5. The number of hydrogen-bond acceptors (Lipinski definition) is 3. The Morgan fingerprint density at radius 1 is 1.10 bits per heavy atom. The molecule has 0 saturated heterocycles. The molecule has 5 nitrogen and oxygen atoms in total. The Bertz CT molecular complexity index is 1160. The molecule has 5 heteroatoms. The molecule has 1 aromatic heterocycles. The van der Waals surface area contributed by atoms with Crippen molar-refractivity contribution in [2.24, 2.45) is 0 Å². The fourth-order valence-corrected chi connectivity index (χ4v) is 4.83. The summed E-state index contributed by atoms with van der Waals surface area (Å²) in [5.41, 5.74) is 3.81. The van der Waals surface area contributed by atoms with Crippen LogP contribution in [0.4, 0.5) is 0 Å². The minimum Gasteiger partial charge on any atom is -0.335 e. The van der Waals surface area contributed by atoms with Crippen LogP contribution in [0.25, 0.3) is 10.9 Å². The molecule has 1 amide bonds. The molecule has 0 N–H and O–H groups in total. The first-order chi connectivity index (χ1) is 14.1. The number of fused-ring (bicyclic) bond motifs is 3. The van der Waals surface area contributed by atoms with E-state index in [2.05, 4.69) is 18.2 Å². The summed E-state index contributed by atoms with van der Waals surface area (Å²) in [4.78, 5) is 32.7. The second kappa shape index (κ2) is 7.14. The Morgan fingerprint density at radius 3 is 2.86 bits per heavy atom. The van der Waals surface area contributed by atoms with Gasteiger partial charge in [0.15, 0.2) is 0 Å². The number of aromatic nitrogens is 2. The molecule has 148 valence electrons. The van der Waals surface area contributed by atoms with Gasteiger partial charge in [-0.05, 0) is 55.0 Å². The Kier molecular flexibility index (Phi) is 4.46. The summed E-state index contributed by atoms with van der Waals surface area (Å²) in [6.45, 7) is 0.738. The van der Waals surface area contributed by atoms with E-state index >= 15 is 0 Å². The molecule has 5 rings (SSSR count). The molecular weight excluding hydrogens is 362 g/mol. The molecule has 1 atom stereocenters. The number of carbonyl (C=O) groups is 1. The molecule has 2 heterocycles. The number of amides is 1. The maximum Gasteiger partial charge on any atom is 0.261 e. The number of carbonyl (C=O) groups excluding carboxylic acids is 1. The lowest BCUT2D eigenvalue weighted by molar-refractivity contribution is 0.0730. The van der Waals surface area contributed by atoms with E-state index in [1.807, 2.05) is 22.6 Å². The number of hydrogen-bond donors (Lipinski definition) is 0. The first kappa shape index (κ1) is 18.1. The van der Waals surface area contributed by atoms with E-state index in [-0.39, 0.29) is 17.5 Å². The average Bonchev–Trinajstić information content (AvgIpc) is 3.03. The summed E-state index contributed by atoms with van der Waals surface area (Å²) < 4.78 is 1.82. The van der Waals surface area contributed by atoms with Gasteiger partial charge in [0, 0.05) is 25.6 Å². The van der Waals surface area contributed by atoms with Crippen molar-refractivity contribution in [2.45, 2.75) is 51.1 Å². The Hall–Kier alpha value is -2.95. The highest BCUT2D eigenvalue weighted by molar-refractivity contribution is 5.97. The van der Waals surface area contributed by atoms with Crippen molar-refractivity contribution >= 4 is 16.8 Å². The van der Waals surface area contributed by atoms with E-state index in [1.54, 1.807) is 18.2 Å². The molecule has 0 saturated carbocycles. The van der Waals surface area contributed by atoms with Crippen molar-refractivity contribution in [3.63, 3.8) is 0 Å². The third kappa shape index (κ3) is 3.05. The second-order valence-electron chi connectivity index (χ2n) is 8.20. The van der Waals surface area contributed by atoms with Crippen molar-refractivity contribution in [1.82, 2.24) is 14.5 Å². The van der Waals surface area contributed by atoms with Crippen LogP contribution >= 0.6 is 0 Å². The Balaban J connectivity index is 1.50. The van der Waals surface area contributed by atoms with Crippen LogP contribution in [0, 0.1) is 0 Å². The van der Waals surface area contributed by atoms with Gasteiger partial charge >= 0.3 is 0 Å². The van der Waals surface area contributed by atoms with Gasteiger partial charge in [-0.1, -0.05) is 30.7 Å². The molecule has 0 radical (unpaired) electrons. The standard InChI is InChI=1S/C24H25N3O2/c1-26(21-13-11-16-7-4-5-8-18(16)21)23(28)17-10-12-19-20(15-17)25-22-9-3-2-6-14-27(22)24(19)29/h4-5,7-8,10,12,15,21H,2-3,6,9,11,13-14H2,1H3/t21-/m0/s1. The van der Waals surface area contributed by atoms with Gasteiger partial charge in [-0.2, -0.15) is 0 Å². The van der Waals surface area contributed by atoms with Gasteiger partial charge in [-0.25, -0.2) is 4.98 Å². The predicted octanol–water partition coefficient (Wildman–Crippen LogP) is 3.88. The molecule has 3 aromatic rings. The topological polar surface area (TPSA) is 55.2 Å². The van der Waals surface area contributed by atoms with E-state index in [1.165, 1.54) is 11.1 Å². The SMILES string of the molecule is CN(C(=O)c1ccc2c(=O)n3c(nc2c1)CCCCC3)[C@H]1CCc2ccccc21. The number of rotatable bonds is 2. The van der Waals surface area contributed by atoms with Crippen molar-refractivity contribution in [2.75, 3.05) is 7.05 Å². The average molecular weight is 387 g/mol. The molecule has 1 aliphatic carbocycles. The fraction of sp³-hybridized carbons (Fsp3) is 0.375. The van der Waals surface area contributed by atoms with Gasteiger partial charge in [-0.3, -0.25) is 14.2 Å². The lowest BCUT2D eigenvalue weighted by Gasteiger charge is -2.25. The van der Waals surface area contributed by atoms with E-state index in [0.717, 1.165) is 50.9 Å². The molecule has 0 fully saturated rings. The Morgan fingerprint density at radius 2 is 1.97 bits per heavy atom. The highest BCUT2D eigenvalue weighted by Gasteiger charge is 2.29. The van der Waals surface area contributed by atoms with Crippen LogP contribution in [0.5, 0.6) is 0 Å². The lowest BCUT2D eigenvalue weighted by atomic mass is 10.1. The van der Waals surface area contributed by atoms with Gasteiger partial charge in [0.1, 0.15) is 5.82 Å². The van der Waals surface area contributed by atoms with Crippen molar-refractivity contribution in [3.8, 4) is 0 Å². The summed E-state index contributed by atoms with van der Waals surface area (Å²) in [7, 11) is 1.87. The van der Waals surface area contributed by atoms with Crippen LogP contribution in [-0.4, -0.2) is 27.4 Å². The molecular formula is C24H25N3O2. The zero-order chi connectivity index (χ0) is 20.0. The van der Waals surface area contributed by atoms with Gasteiger partial charge in [0.05, 0.1) is 16.9 Å². The summed E-state index contributed by atoms with van der Waals surface area (Å²) >= 11 is 0. The third-order valence-corrected chi connectivity index (χ3v) is 6.45. The van der Waals surface area contributed by atoms with Crippen LogP contribution in [0.3, 0.4) is 0 Å². The zero-order valence-electron chi connectivity index (χ0n) is 16.7. The molecule has 1 aliphatic heterocycles. The highest BCUT2D eigenvalue weighted by atomic mass is 16.2. The smallest absolute Gasteiger partial charge is 0.261 e. The second-order valence-corrected chi connectivity index (χ2v) is 8.20. The summed E-state index contributed by atoms with van der Waals surface area (Å²) in [6.07, 6.45) is 5.96. The number of benzene rings is 2. The van der Waals surface area contributed by atoms with Crippen molar-refractivity contribution < 1.29 is 4.79 Å².